The molecule has 0 spiro atoms. The number of fused-ring (bicyclic) bond motifs is 2. The fraction of sp³-hybridized carbons (Fsp3) is 0.190. The summed E-state index contributed by atoms with van der Waals surface area (Å²) in [7, 11) is 0. The van der Waals surface area contributed by atoms with Crippen LogP contribution in [0.5, 0.6) is 5.75 Å². The number of carbonyl (C=O) groups excluding carboxylic acids is 2. The Morgan fingerprint density at radius 3 is 2.46 bits per heavy atom. The molecular weight excluding hydrogens is 346 g/mol. The van der Waals surface area contributed by atoms with E-state index in [2.05, 4.69) is 31.5 Å². The molecule has 1 atom stereocenters. The molecule has 5 heteroatoms. The predicted molar refractivity (Wildman–Crippen MR) is 103 cm³/mol. The second-order valence-electron chi connectivity index (χ2n) is 6.89. The van der Waals surface area contributed by atoms with Gasteiger partial charge in [0.05, 0.1) is 5.52 Å². The highest BCUT2D eigenvalue weighted by Crippen LogP contribution is 2.38. The Labute approximate surface area is 156 Å². The van der Waals surface area contributed by atoms with E-state index in [9.17, 15) is 14.7 Å². The average molecular weight is 363 g/mol. The zero-order valence-electron chi connectivity index (χ0n) is 14.4. The molecule has 1 aromatic heterocycles. The third-order valence-electron chi connectivity index (χ3n) is 4.85. The molecule has 4 nitrogen and oxygen atoms in total. The van der Waals surface area contributed by atoms with Crippen molar-refractivity contribution in [3.05, 3.63) is 64.8 Å². The van der Waals surface area contributed by atoms with Gasteiger partial charge in [-0.15, -0.1) is 12.6 Å². The van der Waals surface area contributed by atoms with Gasteiger partial charge in [-0.2, -0.15) is 0 Å². The number of carbonyl (C=O) groups is 2. The van der Waals surface area contributed by atoms with Gasteiger partial charge < -0.3 is 5.11 Å². The maximum atomic E-state index is 12.8. The first kappa shape index (κ1) is 16.8. The molecule has 1 aliphatic rings. The highest BCUT2D eigenvalue weighted by Gasteiger charge is 2.42. The summed E-state index contributed by atoms with van der Waals surface area (Å²) >= 11 is 4.24. The second-order valence-corrected chi connectivity index (χ2v) is 7.41. The standard InChI is InChI=1S/C21H17NO3S/c1-10(2)11-3-6-16-12(7-11)8-17(23)19(22-16)18-20(24)14-5-4-13(26)9-15(14)21(18)25/h3-10,18,23,26H,1-2H3. The molecule has 0 amide bonds. The lowest BCUT2D eigenvalue weighted by atomic mass is 9.96. The van der Waals surface area contributed by atoms with Gasteiger partial charge in [-0.05, 0) is 47.9 Å². The molecule has 1 unspecified atom stereocenters. The zero-order chi connectivity index (χ0) is 18.6. The van der Waals surface area contributed by atoms with E-state index in [4.69, 9.17) is 0 Å². The normalized spacial score (nSPS) is 16.5. The van der Waals surface area contributed by atoms with E-state index in [0.717, 1.165) is 10.9 Å². The summed E-state index contributed by atoms with van der Waals surface area (Å²) in [5, 5.41) is 11.3. The Bertz CT molecular complexity index is 1090. The van der Waals surface area contributed by atoms with Gasteiger partial charge in [-0.25, -0.2) is 4.98 Å². The van der Waals surface area contributed by atoms with E-state index in [1.54, 1.807) is 24.3 Å². The van der Waals surface area contributed by atoms with Crippen LogP contribution in [0.4, 0.5) is 0 Å². The fourth-order valence-electron chi connectivity index (χ4n) is 3.40. The van der Waals surface area contributed by atoms with Crippen LogP contribution in [0.2, 0.25) is 0 Å². The molecule has 4 rings (SSSR count). The lowest BCUT2D eigenvalue weighted by molar-refractivity contribution is 0.0886. The summed E-state index contributed by atoms with van der Waals surface area (Å²) < 4.78 is 0. The predicted octanol–water partition coefficient (Wildman–Crippen LogP) is 4.52. The Balaban J connectivity index is 1.85. The monoisotopic (exact) mass is 363 g/mol. The maximum Gasteiger partial charge on any atom is 0.180 e. The topological polar surface area (TPSA) is 67.3 Å². The molecule has 0 saturated heterocycles. The Kier molecular flexibility index (Phi) is 3.84. The van der Waals surface area contributed by atoms with E-state index >= 15 is 0 Å². The quantitative estimate of drug-likeness (QED) is 0.519. The summed E-state index contributed by atoms with van der Waals surface area (Å²) in [4.78, 5) is 30.6. The van der Waals surface area contributed by atoms with Gasteiger partial charge in [0.15, 0.2) is 11.6 Å². The molecule has 1 heterocycles. The van der Waals surface area contributed by atoms with Gasteiger partial charge >= 0.3 is 0 Å². The number of pyridine rings is 1. The van der Waals surface area contributed by atoms with Gasteiger partial charge in [0.2, 0.25) is 0 Å². The van der Waals surface area contributed by atoms with Crippen LogP contribution in [0.3, 0.4) is 0 Å². The first-order valence-electron chi connectivity index (χ1n) is 8.42. The first-order valence-corrected chi connectivity index (χ1v) is 8.86. The van der Waals surface area contributed by atoms with Crippen molar-refractivity contribution in [2.24, 2.45) is 0 Å². The Morgan fingerprint density at radius 1 is 1.00 bits per heavy atom. The zero-order valence-corrected chi connectivity index (χ0v) is 15.2. The van der Waals surface area contributed by atoms with Crippen molar-refractivity contribution in [3.8, 4) is 5.75 Å². The highest BCUT2D eigenvalue weighted by molar-refractivity contribution is 7.80. The molecule has 130 valence electrons. The molecule has 1 N–H and O–H groups in total. The van der Waals surface area contributed by atoms with Crippen LogP contribution in [0.25, 0.3) is 10.9 Å². The van der Waals surface area contributed by atoms with Gasteiger partial charge in [0.25, 0.3) is 0 Å². The van der Waals surface area contributed by atoms with Crippen LogP contribution in [0, 0.1) is 0 Å². The van der Waals surface area contributed by atoms with Gasteiger partial charge in [-0.3, -0.25) is 9.59 Å². The minimum absolute atomic E-state index is 0.113. The van der Waals surface area contributed by atoms with E-state index in [1.165, 1.54) is 0 Å². The first-order chi connectivity index (χ1) is 12.4. The van der Waals surface area contributed by atoms with Crippen molar-refractivity contribution >= 4 is 35.1 Å². The van der Waals surface area contributed by atoms with Crippen molar-refractivity contribution < 1.29 is 14.7 Å². The maximum absolute atomic E-state index is 12.8. The molecule has 0 fully saturated rings. The number of hydrogen-bond acceptors (Lipinski definition) is 5. The molecule has 1 aliphatic carbocycles. The van der Waals surface area contributed by atoms with Gasteiger partial charge in [0.1, 0.15) is 17.4 Å². The lowest BCUT2D eigenvalue weighted by Gasteiger charge is -2.12. The van der Waals surface area contributed by atoms with Crippen molar-refractivity contribution in [3.63, 3.8) is 0 Å². The van der Waals surface area contributed by atoms with Crippen LogP contribution >= 0.6 is 12.6 Å². The van der Waals surface area contributed by atoms with Crippen LogP contribution in [-0.4, -0.2) is 21.7 Å². The number of thiol groups is 1. The summed E-state index contributed by atoms with van der Waals surface area (Å²) in [5.41, 5.74) is 2.58. The van der Waals surface area contributed by atoms with Crippen LogP contribution in [0.15, 0.2) is 47.4 Å². The molecule has 2 aromatic carbocycles. The van der Waals surface area contributed by atoms with E-state index in [-0.39, 0.29) is 23.0 Å². The number of rotatable bonds is 2. The summed E-state index contributed by atoms with van der Waals surface area (Å²) in [6.45, 7) is 4.18. The number of benzene rings is 2. The molecule has 0 bridgehead atoms. The molecular formula is C21H17NO3S. The van der Waals surface area contributed by atoms with Crippen molar-refractivity contribution in [1.29, 1.82) is 0 Å². The highest BCUT2D eigenvalue weighted by atomic mass is 32.1. The van der Waals surface area contributed by atoms with Crippen molar-refractivity contribution in [2.75, 3.05) is 0 Å². The number of hydrogen-bond donors (Lipinski definition) is 2. The number of ketones is 2. The fourth-order valence-corrected chi connectivity index (χ4v) is 3.60. The van der Waals surface area contributed by atoms with E-state index in [1.807, 2.05) is 18.2 Å². The van der Waals surface area contributed by atoms with Gasteiger partial charge in [-0.1, -0.05) is 19.9 Å². The summed E-state index contributed by atoms with van der Waals surface area (Å²) in [6, 6.07) is 12.2. The largest absolute Gasteiger partial charge is 0.506 e. The lowest BCUT2D eigenvalue weighted by Crippen LogP contribution is -2.14. The van der Waals surface area contributed by atoms with Gasteiger partial charge in [0, 0.05) is 21.4 Å². The van der Waals surface area contributed by atoms with Crippen molar-refractivity contribution in [2.45, 2.75) is 30.6 Å². The third-order valence-corrected chi connectivity index (χ3v) is 5.12. The molecule has 0 saturated carbocycles. The molecule has 0 aliphatic heterocycles. The van der Waals surface area contributed by atoms with Crippen LogP contribution in [0.1, 0.15) is 57.7 Å². The average Bonchev–Trinajstić information content (AvgIpc) is 2.84. The SMILES string of the molecule is CC(C)c1ccc2nc(C3C(=O)c4ccc(S)cc4C3=O)c(O)cc2c1. The van der Waals surface area contributed by atoms with Crippen molar-refractivity contribution in [1.82, 2.24) is 4.98 Å². The number of aromatic hydroxyl groups is 1. The number of Topliss-reactive ketones (excluding diaryl/α,β-unsaturated/α-hetero) is 2. The molecule has 3 aromatic rings. The Morgan fingerprint density at radius 2 is 1.73 bits per heavy atom. The summed E-state index contributed by atoms with van der Waals surface area (Å²) in [6.07, 6.45) is 0. The summed E-state index contributed by atoms with van der Waals surface area (Å²) in [5.74, 6) is -1.57. The number of aromatic nitrogens is 1. The Hall–Kier alpha value is -2.66. The smallest absolute Gasteiger partial charge is 0.180 e. The second kappa shape index (κ2) is 5.95. The minimum Gasteiger partial charge on any atom is -0.506 e. The molecule has 0 radical (unpaired) electrons. The van der Waals surface area contributed by atoms with E-state index in [0.29, 0.717) is 27.5 Å². The molecule has 26 heavy (non-hydrogen) atoms. The third kappa shape index (κ3) is 2.51. The number of nitrogens with zero attached hydrogens (tertiary/aromatic N) is 1. The minimum atomic E-state index is -1.10. The van der Waals surface area contributed by atoms with E-state index < -0.39 is 5.92 Å². The van der Waals surface area contributed by atoms with Crippen LogP contribution in [-0.2, 0) is 0 Å². The van der Waals surface area contributed by atoms with Crippen LogP contribution < -0.4 is 0 Å².